The van der Waals surface area contributed by atoms with Crippen LogP contribution < -0.4 is 10.1 Å². The van der Waals surface area contributed by atoms with E-state index in [-0.39, 0.29) is 11.9 Å². The number of ether oxygens (including phenoxy) is 1. The molecular weight excluding hydrogens is 252 g/mol. The van der Waals surface area contributed by atoms with Crippen molar-refractivity contribution in [3.63, 3.8) is 0 Å². The van der Waals surface area contributed by atoms with Gasteiger partial charge in [0.05, 0.1) is 6.10 Å². The molecule has 5 heteroatoms. The third-order valence-electron chi connectivity index (χ3n) is 3.50. The van der Waals surface area contributed by atoms with E-state index in [0.717, 1.165) is 31.4 Å². The molecule has 2 N–H and O–H groups in total. The van der Waals surface area contributed by atoms with Gasteiger partial charge in [-0.3, -0.25) is 0 Å². The van der Waals surface area contributed by atoms with Gasteiger partial charge in [0.2, 0.25) is 0 Å². The van der Waals surface area contributed by atoms with Crippen LogP contribution >= 0.6 is 0 Å². The SMILES string of the molecule is OC1CCCC1CNCc1ccc(OC(F)F)cc1. The Bertz CT molecular complexity index is 384. The molecule has 0 radical (unpaired) electrons. The Morgan fingerprint density at radius 1 is 1.26 bits per heavy atom. The number of hydrogen-bond acceptors (Lipinski definition) is 3. The summed E-state index contributed by atoms with van der Waals surface area (Å²) in [6, 6.07) is 6.59. The van der Waals surface area contributed by atoms with Crippen molar-refractivity contribution in [1.82, 2.24) is 5.32 Å². The zero-order chi connectivity index (χ0) is 13.7. The van der Waals surface area contributed by atoms with Crippen LogP contribution in [0.15, 0.2) is 24.3 Å². The molecule has 1 aliphatic carbocycles. The van der Waals surface area contributed by atoms with Crippen LogP contribution in [-0.2, 0) is 6.54 Å². The Kier molecular flexibility index (Phi) is 5.10. The molecule has 1 saturated carbocycles. The van der Waals surface area contributed by atoms with Crippen LogP contribution in [0, 0.1) is 5.92 Å². The lowest BCUT2D eigenvalue weighted by Gasteiger charge is -2.15. The van der Waals surface area contributed by atoms with Crippen molar-refractivity contribution < 1.29 is 18.6 Å². The lowest BCUT2D eigenvalue weighted by molar-refractivity contribution is -0.0498. The summed E-state index contributed by atoms with van der Waals surface area (Å²) >= 11 is 0. The first-order chi connectivity index (χ1) is 9.15. The van der Waals surface area contributed by atoms with Crippen LogP contribution in [0.3, 0.4) is 0 Å². The molecule has 1 fully saturated rings. The van der Waals surface area contributed by atoms with Crippen molar-refractivity contribution in [2.45, 2.75) is 38.5 Å². The van der Waals surface area contributed by atoms with Gasteiger partial charge in [0.1, 0.15) is 5.75 Å². The average molecular weight is 271 g/mol. The predicted octanol–water partition coefficient (Wildman–Crippen LogP) is 2.54. The van der Waals surface area contributed by atoms with E-state index >= 15 is 0 Å². The van der Waals surface area contributed by atoms with E-state index in [4.69, 9.17) is 0 Å². The smallest absolute Gasteiger partial charge is 0.387 e. The van der Waals surface area contributed by atoms with Gasteiger partial charge in [-0.2, -0.15) is 8.78 Å². The van der Waals surface area contributed by atoms with Crippen LogP contribution in [0.5, 0.6) is 5.75 Å². The fourth-order valence-electron chi connectivity index (χ4n) is 2.45. The van der Waals surface area contributed by atoms with Crippen molar-refractivity contribution in [3.05, 3.63) is 29.8 Å². The highest BCUT2D eigenvalue weighted by atomic mass is 19.3. The van der Waals surface area contributed by atoms with Crippen molar-refractivity contribution in [2.24, 2.45) is 5.92 Å². The van der Waals surface area contributed by atoms with Gasteiger partial charge in [-0.05, 0) is 36.5 Å². The van der Waals surface area contributed by atoms with Crippen LogP contribution in [0.2, 0.25) is 0 Å². The fraction of sp³-hybridized carbons (Fsp3) is 0.571. The average Bonchev–Trinajstić information content (AvgIpc) is 2.77. The van der Waals surface area contributed by atoms with Gasteiger partial charge < -0.3 is 15.2 Å². The van der Waals surface area contributed by atoms with Gasteiger partial charge in [0.25, 0.3) is 0 Å². The van der Waals surface area contributed by atoms with E-state index in [1.807, 2.05) is 0 Å². The molecular formula is C14H19F2NO2. The van der Waals surface area contributed by atoms with Gasteiger partial charge in [-0.15, -0.1) is 0 Å². The summed E-state index contributed by atoms with van der Waals surface area (Å²) in [6.07, 6.45) is 2.86. The number of hydrogen-bond donors (Lipinski definition) is 2. The van der Waals surface area contributed by atoms with Gasteiger partial charge in [-0.25, -0.2) is 0 Å². The highest BCUT2D eigenvalue weighted by molar-refractivity contribution is 5.27. The maximum atomic E-state index is 12.0. The summed E-state index contributed by atoms with van der Waals surface area (Å²) in [6.45, 7) is -1.33. The van der Waals surface area contributed by atoms with Crippen LogP contribution in [0.4, 0.5) is 8.78 Å². The summed E-state index contributed by atoms with van der Waals surface area (Å²) in [5, 5.41) is 13.0. The molecule has 0 amide bonds. The van der Waals surface area contributed by atoms with Gasteiger partial charge >= 0.3 is 6.61 Å². The summed E-state index contributed by atoms with van der Waals surface area (Å²) in [5.41, 5.74) is 1.01. The van der Waals surface area contributed by atoms with Crippen molar-refractivity contribution >= 4 is 0 Å². The first kappa shape index (κ1) is 14.2. The first-order valence-electron chi connectivity index (χ1n) is 6.57. The third-order valence-corrected chi connectivity index (χ3v) is 3.50. The quantitative estimate of drug-likeness (QED) is 0.835. The molecule has 2 unspecified atom stereocenters. The topological polar surface area (TPSA) is 41.5 Å². The molecule has 1 aliphatic rings. The summed E-state index contributed by atoms with van der Waals surface area (Å²) in [4.78, 5) is 0. The van der Waals surface area contributed by atoms with E-state index in [9.17, 15) is 13.9 Å². The van der Waals surface area contributed by atoms with Gasteiger partial charge in [0, 0.05) is 13.1 Å². The van der Waals surface area contributed by atoms with Crippen molar-refractivity contribution in [1.29, 1.82) is 0 Å². The second-order valence-electron chi connectivity index (χ2n) is 4.91. The number of nitrogens with one attached hydrogen (secondary N) is 1. The minimum atomic E-state index is -2.78. The normalized spacial score (nSPS) is 22.9. The number of aliphatic hydroxyl groups is 1. The van der Waals surface area contributed by atoms with Crippen LogP contribution in [-0.4, -0.2) is 24.4 Å². The van der Waals surface area contributed by atoms with Crippen LogP contribution in [0.1, 0.15) is 24.8 Å². The molecule has 0 bridgehead atoms. The Morgan fingerprint density at radius 2 is 2.00 bits per heavy atom. The Balaban J connectivity index is 1.73. The molecule has 0 saturated heterocycles. The van der Waals surface area contributed by atoms with Crippen LogP contribution in [0.25, 0.3) is 0 Å². The number of aliphatic hydroxyl groups excluding tert-OH is 1. The minimum absolute atomic E-state index is 0.171. The Morgan fingerprint density at radius 3 is 2.58 bits per heavy atom. The van der Waals surface area contributed by atoms with Crippen molar-refractivity contribution in [3.8, 4) is 5.75 Å². The molecule has 0 heterocycles. The summed E-state index contributed by atoms with van der Waals surface area (Å²) in [5.74, 6) is 0.506. The van der Waals surface area contributed by atoms with Gasteiger partial charge in [-0.1, -0.05) is 18.6 Å². The van der Waals surface area contributed by atoms with Crippen molar-refractivity contribution in [2.75, 3.05) is 6.54 Å². The second-order valence-corrected chi connectivity index (χ2v) is 4.91. The molecule has 1 aromatic rings. The molecule has 0 aromatic heterocycles. The molecule has 106 valence electrons. The first-order valence-corrected chi connectivity index (χ1v) is 6.57. The fourth-order valence-corrected chi connectivity index (χ4v) is 2.45. The minimum Gasteiger partial charge on any atom is -0.435 e. The zero-order valence-electron chi connectivity index (χ0n) is 10.7. The van der Waals surface area contributed by atoms with E-state index in [0.29, 0.717) is 12.5 Å². The molecule has 0 aliphatic heterocycles. The largest absolute Gasteiger partial charge is 0.435 e. The maximum Gasteiger partial charge on any atom is 0.387 e. The number of rotatable bonds is 6. The molecule has 2 atom stereocenters. The second kappa shape index (κ2) is 6.82. The molecule has 2 rings (SSSR count). The lowest BCUT2D eigenvalue weighted by Crippen LogP contribution is -2.27. The molecule has 1 aromatic carbocycles. The Hall–Kier alpha value is -1.20. The van der Waals surface area contributed by atoms with E-state index in [2.05, 4.69) is 10.1 Å². The predicted molar refractivity (Wildman–Crippen MR) is 68.1 cm³/mol. The number of halogens is 2. The number of alkyl halides is 2. The highest BCUT2D eigenvalue weighted by Crippen LogP contribution is 2.24. The molecule has 0 spiro atoms. The van der Waals surface area contributed by atoms with E-state index in [1.54, 1.807) is 12.1 Å². The van der Waals surface area contributed by atoms with E-state index < -0.39 is 6.61 Å². The Labute approximate surface area is 111 Å². The third kappa shape index (κ3) is 4.44. The lowest BCUT2D eigenvalue weighted by atomic mass is 10.1. The maximum absolute atomic E-state index is 12.0. The standard InChI is InChI=1S/C14H19F2NO2/c15-14(16)19-12-6-4-10(5-7-12)8-17-9-11-2-1-3-13(11)18/h4-7,11,13-14,17-18H,1-3,8-9H2. The molecule has 19 heavy (non-hydrogen) atoms. The highest BCUT2D eigenvalue weighted by Gasteiger charge is 2.24. The molecule has 3 nitrogen and oxygen atoms in total. The monoisotopic (exact) mass is 271 g/mol. The zero-order valence-corrected chi connectivity index (χ0v) is 10.7. The summed E-state index contributed by atoms with van der Waals surface area (Å²) < 4.78 is 28.2. The van der Waals surface area contributed by atoms with E-state index in [1.165, 1.54) is 12.1 Å². The van der Waals surface area contributed by atoms with Gasteiger partial charge in [0.15, 0.2) is 0 Å². The number of benzene rings is 1. The summed E-state index contributed by atoms with van der Waals surface area (Å²) in [7, 11) is 0.